The number of rotatable bonds is 2. The van der Waals surface area contributed by atoms with Crippen molar-refractivity contribution in [3.63, 3.8) is 0 Å². The standard InChI is InChI=1S/C12H19N/c1-8(2)10-5-11(9(3)4)7-12(13)6-10/h5-9H,13H2,1-4H3. The van der Waals surface area contributed by atoms with Crippen LogP contribution < -0.4 is 5.73 Å². The molecule has 0 aliphatic rings. The zero-order chi connectivity index (χ0) is 10.0. The van der Waals surface area contributed by atoms with E-state index < -0.39 is 0 Å². The van der Waals surface area contributed by atoms with Crippen LogP contribution in [0, 0.1) is 0 Å². The molecule has 2 N–H and O–H groups in total. The van der Waals surface area contributed by atoms with E-state index in [1.807, 2.05) is 0 Å². The maximum atomic E-state index is 5.84. The lowest BCUT2D eigenvalue weighted by Gasteiger charge is -2.12. The molecule has 0 bridgehead atoms. The van der Waals surface area contributed by atoms with Crippen molar-refractivity contribution in [2.24, 2.45) is 0 Å². The molecule has 0 saturated carbocycles. The van der Waals surface area contributed by atoms with Gasteiger partial charge in [0.25, 0.3) is 0 Å². The third-order valence-electron chi connectivity index (χ3n) is 2.33. The van der Waals surface area contributed by atoms with Gasteiger partial charge in [0.15, 0.2) is 0 Å². The van der Waals surface area contributed by atoms with Crippen molar-refractivity contribution in [3.05, 3.63) is 29.3 Å². The number of hydrogen-bond acceptors (Lipinski definition) is 1. The van der Waals surface area contributed by atoms with Gasteiger partial charge in [-0.25, -0.2) is 0 Å². The summed E-state index contributed by atoms with van der Waals surface area (Å²) in [6.07, 6.45) is 0. The highest BCUT2D eigenvalue weighted by molar-refractivity contribution is 5.46. The minimum absolute atomic E-state index is 0.556. The third-order valence-corrected chi connectivity index (χ3v) is 2.33. The summed E-state index contributed by atoms with van der Waals surface area (Å²) < 4.78 is 0. The van der Waals surface area contributed by atoms with E-state index in [1.165, 1.54) is 11.1 Å². The minimum atomic E-state index is 0.556. The summed E-state index contributed by atoms with van der Waals surface area (Å²) in [7, 11) is 0. The van der Waals surface area contributed by atoms with Crippen molar-refractivity contribution in [2.45, 2.75) is 39.5 Å². The molecule has 0 heterocycles. The Bertz CT molecular complexity index is 261. The van der Waals surface area contributed by atoms with Gasteiger partial charge in [0, 0.05) is 5.69 Å². The fraction of sp³-hybridized carbons (Fsp3) is 0.500. The van der Waals surface area contributed by atoms with Crippen molar-refractivity contribution in [2.75, 3.05) is 5.73 Å². The molecule has 0 radical (unpaired) electrons. The summed E-state index contributed by atoms with van der Waals surface area (Å²) in [6.45, 7) is 8.77. The Hall–Kier alpha value is -0.980. The highest BCUT2D eigenvalue weighted by Gasteiger charge is 2.05. The Kier molecular flexibility index (Phi) is 2.97. The Balaban J connectivity index is 3.11. The molecule has 0 saturated heterocycles. The molecule has 0 aromatic heterocycles. The van der Waals surface area contributed by atoms with Crippen molar-refractivity contribution in [1.82, 2.24) is 0 Å². The van der Waals surface area contributed by atoms with E-state index in [9.17, 15) is 0 Å². The normalized spacial score (nSPS) is 11.2. The zero-order valence-corrected chi connectivity index (χ0v) is 8.96. The monoisotopic (exact) mass is 177 g/mol. The first-order chi connectivity index (χ1) is 6.00. The number of benzene rings is 1. The molecule has 1 aromatic rings. The lowest BCUT2D eigenvalue weighted by Crippen LogP contribution is -1.96. The SMILES string of the molecule is CC(C)c1cc(N)cc(C(C)C)c1. The van der Waals surface area contributed by atoms with E-state index in [-0.39, 0.29) is 0 Å². The molecule has 0 aliphatic carbocycles. The summed E-state index contributed by atoms with van der Waals surface area (Å²) in [5.74, 6) is 1.11. The highest BCUT2D eigenvalue weighted by Crippen LogP contribution is 2.24. The van der Waals surface area contributed by atoms with Crippen LogP contribution in [-0.2, 0) is 0 Å². The summed E-state index contributed by atoms with van der Waals surface area (Å²) in [6, 6.07) is 6.39. The maximum absolute atomic E-state index is 5.84. The van der Waals surface area contributed by atoms with Crippen LogP contribution in [0.2, 0.25) is 0 Å². The van der Waals surface area contributed by atoms with Crippen LogP contribution >= 0.6 is 0 Å². The molecule has 0 fully saturated rings. The molecule has 1 rings (SSSR count). The first-order valence-corrected chi connectivity index (χ1v) is 4.91. The number of hydrogen-bond donors (Lipinski definition) is 1. The van der Waals surface area contributed by atoms with Crippen molar-refractivity contribution in [3.8, 4) is 0 Å². The van der Waals surface area contributed by atoms with E-state index in [0.717, 1.165) is 5.69 Å². The molecule has 0 amide bonds. The van der Waals surface area contributed by atoms with Gasteiger partial charge in [-0.15, -0.1) is 0 Å². The second-order valence-corrected chi connectivity index (χ2v) is 4.24. The van der Waals surface area contributed by atoms with Gasteiger partial charge >= 0.3 is 0 Å². The van der Waals surface area contributed by atoms with E-state index in [0.29, 0.717) is 11.8 Å². The first kappa shape index (κ1) is 10.1. The Morgan fingerprint density at radius 2 is 1.23 bits per heavy atom. The molecule has 1 heteroatoms. The van der Waals surface area contributed by atoms with Crippen LogP contribution in [0.4, 0.5) is 5.69 Å². The van der Waals surface area contributed by atoms with Gasteiger partial charge in [-0.2, -0.15) is 0 Å². The predicted molar refractivity (Wildman–Crippen MR) is 59.0 cm³/mol. The molecular formula is C12H19N. The van der Waals surface area contributed by atoms with Gasteiger partial charge in [0.2, 0.25) is 0 Å². The van der Waals surface area contributed by atoms with Crippen molar-refractivity contribution >= 4 is 5.69 Å². The maximum Gasteiger partial charge on any atom is 0.0319 e. The Morgan fingerprint density at radius 1 is 0.846 bits per heavy atom. The fourth-order valence-corrected chi connectivity index (χ4v) is 1.37. The summed E-state index contributed by atoms with van der Waals surface area (Å²) in [5, 5.41) is 0. The predicted octanol–water partition coefficient (Wildman–Crippen LogP) is 3.52. The number of nitrogen functional groups attached to an aromatic ring is 1. The first-order valence-electron chi connectivity index (χ1n) is 4.91. The second kappa shape index (κ2) is 3.82. The minimum Gasteiger partial charge on any atom is -0.399 e. The molecule has 13 heavy (non-hydrogen) atoms. The largest absolute Gasteiger partial charge is 0.399 e. The Morgan fingerprint density at radius 3 is 1.54 bits per heavy atom. The quantitative estimate of drug-likeness (QED) is 0.687. The molecule has 0 unspecified atom stereocenters. The molecule has 1 nitrogen and oxygen atoms in total. The smallest absolute Gasteiger partial charge is 0.0319 e. The summed E-state index contributed by atoms with van der Waals surface area (Å²) in [5.41, 5.74) is 9.39. The average Bonchev–Trinajstić information content (AvgIpc) is 2.03. The lowest BCUT2D eigenvalue weighted by molar-refractivity contribution is 0.835. The Labute approximate surface area is 81.0 Å². The molecular weight excluding hydrogens is 158 g/mol. The van der Waals surface area contributed by atoms with Crippen LogP contribution in [0.25, 0.3) is 0 Å². The van der Waals surface area contributed by atoms with Gasteiger partial charge in [0.05, 0.1) is 0 Å². The lowest BCUT2D eigenvalue weighted by atomic mass is 9.95. The van der Waals surface area contributed by atoms with Crippen molar-refractivity contribution < 1.29 is 0 Å². The molecule has 0 spiro atoms. The van der Waals surface area contributed by atoms with Crippen molar-refractivity contribution in [1.29, 1.82) is 0 Å². The summed E-state index contributed by atoms with van der Waals surface area (Å²) in [4.78, 5) is 0. The van der Waals surface area contributed by atoms with E-state index in [4.69, 9.17) is 5.73 Å². The van der Waals surface area contributed by atoms with E-state index >= 15 is 0 Å². The van der Waals surface area contributed by atoms with E-state index in [1.54, 1.807) is 0 Å². The van der Waals surface area contributed by atoms with Crippen LogP contribution in [0.1, 0.15) is 50.7 Å². The fourth-order valence-electron chi connectivity index (χ4n) is 1.37. The third kappa shape index (κ3) is 2.48. The molecule has 0 atom stereocenters. The zero-order valence-electron chi connectivity index (χ0n) is 8.96. The van der Waals surface area contributed by atoms with Crippen LogP contribution in [0.5, 0.6) is 0 Å². The van der Waals surface area contributed by atoms with Gasteiger partial charge in [-0.1, -0.05) is 33.8 Å². The van der Waals surface area contributed by atoms with Gasteiger partial charge < -0.3 is 5.73 Å². The van der Waals surface area contributed by atoms with Gasteiger partial charge in [0.1, 0.15) is 0 Å². The second-order valence-electron chi connectivity index (χ2n) is 4.24. The summed E-state index contributed by atoms with van der Waals surface area (Å²) >= 11 is 0. The topological polar surface area (TPSA) is 26.0 Å². The molecule has 0 aliphatic heterocycles. The van der Waals surface area contributed by atoms with Crippen LogP contribution in [-0.4, -0.2) is 0 Å². The van der Waals surface area contributed by atoms with Crippen LogP contribution in [0.15, 0.2) is 18.2 Å². The molecule has 72 valence electrons. The van der Waals surface area contributed by atoms with Gasteiger partial charge in [-0.05, 0) is 35.1 Å². The van der Waals surface area contributed by atoms with Crippen LogP contribution in [0.3, 0.4) is 0 Å². The number of anilines is 1. The average molecular weight is 177 g/mol. The highest BCUT2D eigenvalue weighted by atomic mass is 14.5. The molecule has 1 aromatic carbocycles. The number of nitrogens with two attached hydrogens (primary N) is 1. The van der Waals surface area contributed by atoms with E-state index in [2.05, 4.69) is 45.9 Å². The van der Waals surface area contributed by atoms with Gasteiger partial charge in [-0.3, -0.25) is 0 Å².